The predicted molar refractivity (Wildman–Crippen MR) is 88.1 cm³/mol. The van der Waals surface area contributed by atoms with Crippen LogP contribution in [-0.4, -0.2) is 37.1 Å². The maximum absolute atomic E-state index is 3.67. The smallest absolute Gasteiger partial charge is 0.00953 e. The van der Waals surface area contributed by atoms with Crippen LogP contribution in [0.3, 0.4) is 0 Å². The van der Waals surface area contributed by atoms with Crippen LogP contribution in [0.4, 0.5) is 0 Å². The van der Waals surface area contributed by atoms with Crippen molar-refractivity contribution in [2.45, 2.75) is 78.2 Å². The molecule has 2 saturated carbocycles. The van der Waals surface area contributed by atoms with Gasteiger partial charge >= 0.3 is 0 Å². The lowest BCUT2D eigenvalue weighted by Crippen LogP contribution is -2.49. The molecule has 0 heterocycles. The summed E-state index contributed by atoms with van der Waals surface area (Å²) in [7, 11) is 0. The lowest BCUT2D eigenvalue weighted by Gasteiger charge is -2.45. The van der Waals surface area contributed by atoms with Crippen molar-refractivity contribution in [3.63, 3.8) is 0 Å². The SMILES string of the molecule is CCNCC1(CN(CC)C2CCCC2)CCCC(C)C1. The first-order chi connectivity index (χ1) is 9.69. The molecule has 2 heteroatoms. The van der Waals surface area contributed by atoms with Gasteiger partial charge in [-0.3, -0.25) is 0 Å². The van der Waals surface area contributed by atoms with Crippen LogP contribution < -0.4 is 5.32 Å². The van der Waals surface area contributed by atoms with E-state index in [-0.39, 0.29) is 0 Å². The van der Waals surface area contributed by atoms with Gasteiger partial charge in [0.25, 0.3) is 0 Å². The monoisotopic (exact) mass is 280 g/mol. The highest BCUT2D eigenvalue weighted by molar-refractivity contribution is 4.91. The van der Waals surface area contributed by atoms with Crippen molar-refractivity contribution in [2.24, 2.45) is 11.3 Å². The molecule has 0 saturated heterocycles. The van der Waals surface area contributed by atoms with Crippen molar-refractivity contribution in [3.8, 4) is 0 Å². The van der Waals surface area contributed by atoms with Gasteiger partial charge in [-0.25, -0.2) is 0 Å². The first-order valence-electron chi connectivity index (χ1n) is 9.14. The molecule has 0 bridgehead atoms. The van der Waals surface area contributed by atoms with Crippen LogP contribution in [0, 0.1) is 11.3 Å². The molecule has 0 radical (unpaired) electrons. The maximum atomic E-state index is 3.67. The summed E-state index contributed by atoms with van der Waals surface area (Å²) in [6.07, 6.45) is 11.6. The Labute approximate surface area is 126 Å². The standard InChI is InChI=1S/C18H36N2/c1-4-19-14-18(12-8-9-16(3)13-18)15-20(5-2)17-10-6-7-11-17/h16-17,19H,4-15H2,1-3H3. The molecule has 2 nitrogen and oxygen atoms in total. The summed E-state index contributed by atoms with van der Waals surface area (Å²) in [4.78, 5) is 2.82. The topological polar surface area (TPSA) is 15.3 Å². The number of rotatable bonds is 7. The molecular weight excluding hydrogens is 244 g/mol. The zero-order chi connectivity index (χ0) is 14.4. The third kappa shape index (κ3) is 4.21. The van der Waals surface area contributed by atoms with Crippen LogP contribution in [0.25, 0.3) is 0 Å². The highest BCUT2D eigenvalue weighted by atomic mass is 15.2. The summed E-state index contributed by atoms with van der Waals surface area (Å²) < 4.78 is 0. The maximum Gasteiger partial charge on any atom is 0.00953 e. The van der Waals surface area contributed by atoms with E-state index >= 15 is 0 Å². The van der Waals surface area contributed by atoms with Crippen molar-refractivity contribution < 1.29 is 0 Å². The fourth-order valence-corrected chi connectivity index (χ4v) is 4.72. The average molecular weight is 280 g/mol. The number of nitrogens with zero attached hydrogens (tertiary/aromatic N) is 1. The van der Waals surface area contributed by atoms with E-state index in [0.717, 1.165) is 18.5 Å². The first-order valence-corrected chi connectivity index (χ1v) is 9.14. The van der Waals surface area contributed by atoms with Gasteiger partial charge < -0.3 is 10.2 Å². The normalized spacial score (nSPS) is 32.1. The molecule has 0 aliphatic heterocycles. The second-order valence-electron chi connectivity index (χ2n) is 7.48. The molecule has 0 aromatic carbocycles. The molecule has 2 fully saturated rings. The van der Waals surface area contributed by atoms with E-state index in [9.17, 15) is 0 Å². The summed E-state index contributed by atoms with van der Waals surface area (Å²) >= 11 is 0. The molecule has 0 aromatic rings. The minimum Gasteiger partial charge on any atom is -0.316 e. The molecule has 20 heavy (non-hydrogen) atoms. The van der Waals surface area contributed by atoms with Gasteiger partial charge in [-0.1, -0.05) is 46.5 Å². The summed E-state index contributed by atoms with van der Waals surface area (Å²) in [5, 5.41) is 3.67. The van der Waals surface area contributed by atoms with Crippen LogP contribution in [-0.2, 0) is 0 Å². The number of hydrogen-bond donors (Lipinski definition) is 1. The highest BCUT2D eigenvalue weighted by Gasteiger charge is 2.37. The van der Waals surface area contributed by atoms with Gasteiger partial charge in [-0.15, -0.1) is 0 Å². The van der Waals surface area contributed by atoms with Crippen molar-refractivity contribution in [3.05, 3.63) is 0 Å². The lowest BCUT2D eigenvalue weighted by molar-refractivity contribution is 0.0619. The Morgan fingerprint density at radius 2 is 1.85 bits per heavy atom. The van der Waals surface area contributed by atoms with Crippen molar-refractivity contribution in [2.75, 3.05) is 26.2 Å². The van der Waals surface area contributed by atoms with Crippen LogP contribution in [0.15, 0.2) is 0 Å². The molecule has 2 rings (SSSR count). The Bertz CT molecular complexity index is 273. The van der Waals surface area contributed by atoms with E-state index in [4.69, 9.17) is 0 Å². The average Bonchev–Trinajstić information content (AvgIpc) is 2.97. The van der Waals surface area contributed by atoms with E-state index in [1.165, 1.54) is 71.0 Å². The Kier molecular flexibility index (Phi) is 6.35. The van der Waals surface area contributed by atoms with Crippen LogP contribution in [0.2, 0.25) is 0 Å². The van der Waals surface area contributed by atoms with E-state index in [2.05, 4.69) is 31.0 Å². The van der Waals surface area contributed by atoms with Crippen molar-refractivity contribution >= 4 is 0 Å². The van der Waals surface area contributed by atoms with Gasteiger partial charge in [0, 0.05) is 19.1 Å². The fourth-order valence-electron chi connectivity index (χ4n) is 4.72. The van der Waals surface area contributed by atoms with Gasteiger partial charge in [0.1, 0.15) is 0 Å². The summed E-state index contributed by atoms with van der Waals surface area (Å²) in [6, 6.07) is 0.885. The highest BCUT2D eigenvalue weighted by Crippen LogP contribution is 2.40. The molecule has 2 aliphatic carbocycles. The molecule has 0 aromatic heterocycles. The van der Waals surface area contributed by atoms with Crippen LogP contribution in [0.1, 0.15) is 72.1 Å². The van der Waals surface area contributed by atoms with E-state index < -0.39 is 0 Å². The predicted octanol–water partition coefficient (Wildman–Crippen LogP) is 4.06. The largest absolute Gasteiger partial charge is 0.316 e. The van der Waals surface area contributed by atoms with Crippen LogP contribution >= 0.6 is 0 Å². The molecular formula is C18H36N2. The summed E-state index contributed by atoms with van der Waals surface area (Å²) in [5.74, 6) is 0.921. The Balaban J connectivity index is 2.00. The zero-order valence-corrected chi connectivity index (χ0v) is 14.1. The molecule has 0 spiro atoms. The molecule has 1 N–H and O–H groups in total. The molecule has 2 aliphatic rings. The lowest BCUT2D eigenvalue weighted by atomic mass is 9.69. The van der Waals surface area contributed by atoms with E-state index in [1.54, 1.807) is 0 Å². The van der Waals surface area contributed by atoms with Gasteiger partial charge in [0.2, 0.25) is 0 Å². The van der Waals surface area contributed by atoms with Crippen molar-refractivity contribution in [1.29, 1.82) is 0 Å². The summed E-state index contributed by atoms with van der Waals surface area (Å²) in [5.41, 5.74) is 0.548. The molecule has 118 valence electrons. The zero-order valence-electron chi connectivity index (χ0n) is 14.1. The van der Waals surface area contributed by atoms with Gasteiger partial charge in [-0.2, -0.15) is 0 Å². The number of hydrogen-bond acceptors (Lipinski definition) is 2. The van der Waals surface area contributed by atoms with E-state index in [0.29, 0.717) is 5.41 Å². The third-order valence-corrected chi connectivity index (χ3v) is 5.72. The first kappa shape index (κ1) is 16.3. The van der Waals surface area contributed by atoms with Gasteiger partial charge in [-0.05, 0) is 50.1 Å². The van der Waals surface area contributed by atoms with Crippen molar-refractivity contribution in [1.82, 2.24) is 10.2 Å². The molecule has 2 atom stereocenters. The minimum atomic E-state index is 0.548. The Morgan fingerprint density at radius 1 is 1.10 bits per heavy atom. The number of nitrogens with one attached hydrogen (secondary N) is 1. The third-order valence-electron chi connectivity index (χ3n) is 5.72. The Morgan fingerprint density at radius 3 is 2.45 bits per heavy atom. The van der Waals surface area contributed by atoms with Crippen LogP contribution in [0.5, 0.6) is 0 Å². The summed E-state index contributed by atoms with van der Waals surface area (Å²) in [6.45, 7) is 12.0. The fraction of sp³-hybridized carbons (Fsp3) is 1.00. The Hall–Kier alpha value is -0.0800. The minimum absolute atomic E-state index is 0.548. The van der Waals surface area contributed by atoms with Gasteiger partial charge in [0.15, 0.2) is 0 Å². The van der Waals surface area contributed by atoms with E-state index in [1.807, 2.05) is 0 Å². The van der Waals surface area contributed by atoms with Gasteiger partial charge in [0.05, 0.1) is 0 Å². The second kappa shape index (κ2) is 7.79. The quantitative estimate of drug-likeness (QED) is 0.756. The molecule has 0 amide bonds. The molecule has 2 unspecified atom stereocenters. The second-order valence-corrected chi connectivity index (χ2v) is 7.48.